The fourth-order valence-electron chi connectivity index (χ4n) is 2.61. The normalized spacial score (nSPS) is 10.5. The Bertz CT molecular complexity index is 980. The first-order valence-corrected chi connectivity index (χ1v) is 9.17. The Morgan fingerprint density at radius 1 is 1.00 bits per heavy atom. The first-order chi connectivity index (χ1) is 14.3. The van der Waals surface area contributed by atoms with Crippen LogP contribution in [0.25, 0.3) is 0 Å². The van der Waals surface area contributed by atoms with Crippen LogP contribution in [0.15, 0.2) is 54.6 Å². The fraction of sp³-hybridized carbons (Fsp3) is 0.182. The van der Waals surface area contributed by atoms with Gasteiger partial charge in [-0.25, -0.2) is 9.59 Å². The van der Waals surface area contributed by atoms with Crippen LogP contribution in [0.5, 0.6) is 0 Å². The summed E-state index contributed by atoms with van der Waals surface area (Å²) in [5.74, 6) is -2.98. The average molecular weight is 410 g/mol. The Labute approximate surface area is 173 Å². The molecular weight excluding hydrogens is 388 g/mol. The Hall–Kier alpha value is -3.94. The molecule has 8 heteroatoms. The van der Waals surface area contributed by atoms with Crippen molar-refractivity contribution in [1.82, 2.24) is 0 Å². The van der Waals surface area contributed by atoms with E-state index in [0.717, 1.165) is 29.3 Å². The predicted molar refractivity (Wildman–Crippen MR) is 111 cm³/mol. The van der Waals surface area contributed by atoms with E-state index in [0.29, 0.717) is 11.8 Å². The van der Waals surface area contributed by atoms with E-state index < -0.39 is 30.4 Å². The molecule has 2 aromatic rings. The van der Waals surface area contributed by atoms with Crippen LogP contribution in [0.3, 0.4) is 0 Å². The number of carbonyl (C=O) groups excluding carboxylic acids is 3. The van der Waals surface area contributed by atoms with E-state index in [9.17, 15) is 19.2 Å². The summed E-state index contributed by atoms with van der Waals surface area (Å²) in [6.45, 7) is 3.44. The minimum atomic E-state index is -1.24. The summed E-state index contributed by atoms with van der Waals surface area (Å²) >= 11 is 0. The number of hydrogen-bond acceptors (Lipinski definition) is 5. The molecule has 0 saturated carbocycles. The van der Waals surface area contributed by atoms with Gasteiger partial charge in [-0.2, -0.15) is 0 Å². The summed E-state index contributed by atoms with van der Waals surface area (Å²) < 4.78 is 5.05. The number of carbonyl (C=O) groups is 4. The van der Waals surface area contributed by atoms with Gasteiger partial charge in [0.1, 0.15) is 0 Å². The number of rotatable bonds is 8. The molecule has 30 heavy (non-hydrogen) atoms. The number of ether oxygens (including phenoxy) is 1. The largest absolute Gasteiger partial charge is 0.478 e. The van der Waals surface area contributed by atoms with Gasteiger partial charge < -0.3 is 20.5 Å². The van der Waals surface area contributed by atoms with E-state index in [1.165, 1.54) is 24.3 Å². The van der Waals surface area contributed by atoms with Crippen molar-refractivity contribution in [2.75, 3.05) is 17.2 Å². The average Bonchev–Trinajstić information content (AvgIpc) is 2.72. The van der Waals surface area contributed by atoms with Crippen LogP contribution in [0, 0.1) is 6.92 Å². The van der Waals surface area contributed by atoms with Crippen molar-refractivity contribution in [3.05, 3.63) is 71.3 Å². The molecule has 2 aromatic carbocycles. The van der Waals surface area contributed by atoms with Gasteiger partial charge in [0.2, 0.25) is 5.91 Å². The van der Waals surface area contributed by atoms with Crippen molar-refractivity contribution in [2.45, 2.75) is 20.3 Å². The molecule has 0 spiro atoms. The van der Waals surface area contributed by atoms with Crippen LogP contribution < -0.4 is 10.6 Å². The maximum atomic E-state index is 12.2. The molecule has 0 aliphatic heterocycles. The Morgan fingerprint density at radius 3 is 2.33 bits per heavy atom. The smallest absolute Gasteiger partial charge is 0.338 e. The number of para-hydroxylation sites is 1. The first-order valence-electron chi connectivity index (χ1n) is 9.17. The molecule has 156 valence electrons. The highest BCUT2D eigenvalue weighted by atomic mass is 16.5. The zero-order chi connectivity index (χ0) is 22.1. The van der Waals surface area contributed by atoms with Gasteiger partial charge in [0.25, 0.3) is 5.91 Å². The van der Waals surface area contributed by atoms with Gasteiger partial charge in [0.15, 0.2) is 6.61 Å². The molecule has 0 aromatic heterocycles. The number of hydrogen-bond donors (Lipinski definition) is 3. The van der Waals surface area contributed by atoms with Crippen molar-refractivity contribution in [3.63, 3.8) is 0 Å². The van der Waals surface area contributed by atoms with Gasteiger partial charge >= 0.3 is 11.9 Å². The number of benzene rings is 2. The highest BCUT2D eigenvalue weighted by Crippen LogP contribution is 2.21. The van der Waals surface area contributed by atoms with E-state index in [-0.39, 0.29) is 5.56 Å². The summed E-state index contributed by atoms with van der Waals surface area (Å²) in [4.78, 5) is 46.2. The van der Waals surface area contributed by atoms with E-state index in [2.05, 4.69) is 10.6 Å². The van der Waals surface area contributed by atoms with Crippen molar-refractivity contribution < 1.29 is 29.0 Å². The second kappa shape index (κ2) is 10.6. The summed E-state index contributed by atoms with van der Waals surface area (Å²) in [5.41, 5.74) is 3.21. The van der Waals surface area contributed by atoms with Gasteiger partial charge in [-0.05, 0) is 48.7 Å². The van der Waals surface area contributed by atoms with Crippen LogP contribution >= 0.6 is 0 Å². The molecule has 0 saturated heterocycles. The van der Waals surface area contributed by atoms with Crippen molar-refractivity contribution in [2.24, 2.45) is 0 Å². The van der Waals surface area contributed by atoms with Crippen molar-refractivity contribution in [1.29, 1.82) is 0 Å². The second-order valence-corrected chi connectivity index (χ2v) is 6.33. The molecular formula is C22H22N2O6. The molecule has 0 atom stereocenters. The lowest BCUT2D eigenvalue weighted by molar-refractivity contribution is -0.131. The van der Waals surface area contributed by atoms with Crippen molar-refractivity contribution in [3.8, 4) is 0 Å². The zero-order valence-corrected chi connectivity index (χ0v) is 16.6. The van der Waals surface area contributed by atoms with Gasteiger partial charge in [0.05, 0.1) is 5.56 Å². The standard InChI is InChI=1S/C22H22N2O6/c1-3-15-6-4-5-14(2)21(15)24-19(26)13-30-22(29)16-7-9-17(10-8-16)23-18(25)11-12-20(27)28/h4-12H,3,13H2,1-2H3,(H,23,25)(H,24,26)(H,27,28)/b12-11+. The van der Waals surface area contributed by atoms with E-state index >= 15 is 0 Å². The van der Waals surface area contributed by atoms with Crippen LogP contribution in [-0.2, 0) is 25.5 Å². The Balaban J connectivity index is 1.90. The number of amides is 2. The lowest BCUT2D eigenvalue weighted by Gasteiger charge is -2.13. The number of esters is 1. The van der Waals surface area contributed by atoms with E-state index in [1.54, 1.807) is 0 Å². The number of carboxylic acid groups (broad SMARTS) is 1. The zero-order valence-electron chi connectivity index (χ0n) is 16.6. The molecule has 2 amide bonds. The third-order valence-corrected chi connectivity index (χ3v) is 4.10. The fourth-order valence-corrected chi connectivity index (χ4v) is 2.61. The van der Waals surface area contributed by atoms with Crippen molar-refractivity contribution >= 4 is 35.1 Å². The second-order valence-electron chi connectivity index (χ2n) is 6.33. The molecule has 0 aliphatic carbocycles. The van der Waals surface area contributed by atoms with Crippen LogP contribution in [0.1, 0.15) is 28.4 Å². The molecule has 0 fully saturated rings. The highest BCUT2D eigenvalue weighted by Gasteiger charge is 2.13. The molecule has 0 unspecified atom stereocenters. The molecule has 0 aliphatic rings. The van der Waals surface area contributed by atoms with Gasteiger partial charge in [-0.3, -0.25) is 9.59 Å². The van der Waals surface area contributed by atoms with Gasteiger partial charge in [0, 0.05) is 23.5 Å². The predicted octanol–water partition coefficient (Wildman–Crippen LogP) is 2.93. The first kappa shape index (κ1) is 22.4. The quantitative estimate of drug-likeness (QED) is 0.454. The molecule has 0 heterocycles. The molecule has 8 nitrogen and oxygen atoms in total. The number of anilines is 2. The van der Waals surface area contributed by atoms with E-state index in [1.807, 2.05) is 32.0 Å². The number of aliphatic carboxylic acids is 1. The lowest BCUT2D eigenvalue weighted by atomic mass is 10.1. The maximum Gasteiger partial charge on any atom is 0.338 e. The maximum absolute atomic E-state index is 12.2. The number of aryl methyl sites for hydroxylation is 2. The lowest BCUT2D eigenvalue weighted by Crippen LogP contribution is -2.22. The number of carboxylic acids is 1. The van der Waals surface area contributed by atoms with Gasteiger partial charge in [-0.1, -0.05) is 25.1 Å². The van der Waals surface area contributed by atoms with E-state index in [4.69, 9.17) is 9.84 Å². The Morgan fingerprint density at radius 2 is 1.70 bits per heavy atom. The molecule has 2 rings (SSSR count). The molecule has 0 radical (unpaired) electrons. The Kier molecular flexibility index (Phi) is 7.87. The third-order valence-electron chi connectivity index (χ3n) is 4.10. The monoisotopic (exact) mass is 410 g/mol. The summed E-state index contributed by atoms with van der Waals surface area (Å²) in [6, 6.07) is 11.5. The van der Waals surface area contributed by atoms with Crippen LogP contribution in [-0.4, -0.2) is 35.5 Å². The summed E-state index contributed by atoms with van der Waals surface area (Å²) in [6.07, 6.45) is 2.35. The minimum Gasteiger partial charge on any atom is -0.478 e. The summed E-state index contributed by atoms with van der Waals surface area (Å²) in [7, 11) is 0. The molecule has 0 bridgehead atoms. The third kappa shape index (κ3) is 6.59. The highest BCUT2D eigenvalue weighted by molar-refractivity contribution is 6.02. The van der Waals surface area contributed by atoms with Gasteiger partial charge in [-0.15, -0.1) is 0 Å². The molecule has 3 N–H and O–H groups in total. The summed E-state index contributed by atoms with van der Waals surface area (Å²) in [5, 5.41) is 13.7. The number of nitrogens with one attached hydrogen (secondary N) is 2. The SMILES string of the molecule is CCc1cccc(C)c1NC(=O)COC(=O)c1ccc(NC(=O)/C=C/C(=O)O)cc1. The minimum absolute atomic E-state index is 0.201. The topological polar surface area (TPSA) is 122 Å². The van der Waals surface area contributed by atoms with Crippen LogP contribution in [0.2, 0.25) is 0 Å². The van der Waals surface area contributed by atoms with Crippen LogP contribution in [0.4, 0.5) is 11.4 Å².